The summed E-state index contributed by atoms with van der Waals surface area (Å²) in [6.07, 6.45) is 0.324. The van der Waals surface area contributed by atoms with Crippen LogP contribution in [0.3, 0.4) is 0 Å². The lowest BCUT2D eigenvalue weighted by atomic mass is 10.2. The molecule has 6 heteroatoms. The van der Waals surface area contributed by atoms with Crippen molar-refractivity contribution in [1.82, 2.24) is 10.6 Å². The summed E-state index contributed by atoms with van der Waals surface area (Å²) < 4.78 is 0. The normalized spacial score (nSPS) is 11.6. The number of carbonyl (C=O) groups excluding carboxylic acids is 1. The Bertz CT molecular complexity index is 243. The number of halogens is 1. The Labute approximate surface area is 87.1 Å². The smallest absolute Gasteiger partial charge is 0.326 e. The highest BCUT2D eigenvalue weighted by atomic mass is 35.5. The summed E-state index contributed by atoms with van der Waals surface area (Å²) in [6.45, 7) is 5.15. The highest BCUT2D eigenvalue weighted by Gasteiger charge is 2.16. The number of aliphatic carboxylic acids is 1. The number of nitrogens with one attached hydrogen (secondary N) is 2. The van der Waals surface area contributed by atoms with Crippen molar-refractivity contribution >= 4 is 23.6 Å². The maximum absolute atomic E-state index is 11.0. The van der Waals surface area contributed by atoms with Crippen LogP contribution in [0.2, 0.25) is 0 Å². The van der Waals surface area contributed by atoms with Gasteiger partial charge in [0.25, 0.3) is 0 Å². The molecule has 1 unspecified atom stereocenters. The molecule has 0 aliphatic carbocycles. The summed E-state index contributed by atoms with van der Waals surface area (Å²) >= 11 is 5.40. The number of carboxylic acid groups (broad SMARTS) is 1. The molecule has 0 rings (SSSR count). The predicted octanol–water partition coefficient (Wildman–Crippen LogP) is 0.901. The number of carbonyl (C=O) groups is 2. The predicted molar refractivity (Wildman–Crippen MR) is 53.2 cm³/mol. The summed E-state index contributed by atoms with van der Waals surface area (Å²) in [5.41, 5.74) is 0. The van der Waals surface area contributed by atoms with E-state index in [1.807, 2.05) is 0 Å². The molecule has 0 aromatic carbocycles. The van der Waals surface area contributed by atoms with E-state index in [1.165, 1.54) is 0 Å². The summed E-state index contributed by atoms with van der Waals surface area (Å²) in [7, 11) is 0. The highest BCUT2D eigenvalue weighted by Crippen LogP contribution is 1.93. The molecular weight excluding hydrogens is 208 g/mol. The van der Waals surface area contributed by atoms with Crippen LogP contribution >= 0.6 is 11.6 Å². The molecule has 0 fully saturated rings. The quantitative estimate of drug-likeness (QED) is 0.644. The molecule has 0 aliphatic rings. The molecule has 0 aromatic heterocycles. The van der Waals surface area contributed by atoms with Gasteiger partial charge in [0, 0.05) is 5.03 Å². The third-order valence-corrected chi connectivity index (χ3v) is 1.59. The molecule has 1 atom stereocenters. The van der Waals surface area contributed by atoms with Crippen LogP contribution in [0, 0.1) is 0 Å². The van der Waals surface area contributed by atoms with Crippen LogP contribution in [0.5, 0.6) is 0 Å². The van der Waals surface area contributed by atoms with Crippen molar-refractivity contribution in [2.45, 2.75) is 19.4 Å². The number of amides is 2. The van der Waals surface area contributed by atoms with Gasteiger partial charge in [0.15, 0.2) is 0 Å². The van der Waals surface area contributed by atoms with Crippen molar-refractivity contribution in [3.63, 3.8) is 0 Å². The topological polar surface area (TPSA) is 78.4 Å². The first-order valence-corrected chi connectivity index (χ1v) is 4.45. The van der Waals surface area contributed by atoms with Crippen molar-refractivity contribution in [2.24, 2.45) is 0 Å². The van der Waals surface area contributed by atoms with Crippen molar-refractivity contribution in [3.05, 3.63) is 11.6 Å². The fourth-order valence-corrected chi connectivity index (χ4v) is 0.791. The van der Waals surface area contributed by atoms with E-state index >= 15 is 0 Å². The summed E-state index contributed by atoms with van der Waals surface area (Å²) in [6, 6.07) is -1.44. The molecule has 0 aromatic rings. The largest absolute Gasteiger partial charge is 0.480 e. The van der Waals surface area contributed by atoms with E-state index < -0.39 is 18.0 Å². The van der Waals surface area contributed by atoms with Gasteiger partial charge in [0.1, 0.15) is 6.04 Å². The van der Waals surface area contributed by atoms with Gasteiger partial charge in [0.2, 0.25) is 0 Å². The fourth-order valence-electron chi connectivity index (χ4n) is 0.724. The van der Waals surface area contributed by atoms with Gasteiger partial charge in [-0.15, -0.1) is 0 Å². The Morgan fingerprint density at radius 2 is 2.14 bits per heavy atom. The van der Waals surface area contributed by atoms with Crippen LogP contribution in [0.25, 0.3) is 0 Å². The first-order chi connectivity index (χ1) is 6.47. The van der Waals surface area contributed by atoms with Crippen LogP contribution < -0.4 is 10.6 Å². The van der Waals surface area contributed by atoms with Crippen LogP contribution in [0.4, 0.5) is 4.79 Å². The van der Waals surface area contributed by atoms with Crippen molar-refractivity contribution in [2.75, 3.05) is 6.54 Å². The second-order valence-electron chi connectivity index (χ2n) is 2.64. The number of rotatable bonds is 5. The number of carboxylic acids is 1. The van der Waals surface area contributed by atoms with Gasteiger partial charge in [-0.1, -0.05) is 25.1 Å². The first-order valence-electron chi connectivity index (χ1n) is 4.07. The summed E-state index contributed by atoms with van der Waals surface area (Å²) in [5.74, 6) is -1.06. The minimum Gasteiger partial charge on any atom is -0.480 e. The van der Waals surface area contributed by atoms with E-state index in [0.717, 1.165) is 0 Å². The van der Waals surface area contributed by atoms with E-state index in [2.05, 4.69) is 17.2 Å². The lowest BCUT2D eigenvalue weighted by Crippen LogP contribution is -2.45. The average molecular weight is 221 g/mol. The Morgan fingerprint density at radius 3 is 2.50 bits per heavy atom. The zero-order valence-corrected chi connectivity index (χ0v) is 8.60. The second-order valence-corrected chi connectivity index (χ2v) is 3.18. The SMILES string of the molecule is C=C(Cl)CNC(=O)NC(CC)C(=O)O. The molecule has 0 saturated heterocycles. The van der Waals surface area contributed by atoms with E-state index in [1.54, 1.807) is 6.92 Å². The van der Waals surface area contributed by atoms with Gasteiger partial charge in [0.05, 0.1) is 6.54 Å². The molecule has 0 radical (unpaired) electrons. The minimum atomic E-state index is -1.06. The van der Waals surface area contributed by atoms with Gasteiger partial charge >= 0.3 is 12.0 Å². The van der Waals surface area contributed by atoms with Crippen molar-refractivity contribution in [3.8, 4) is 0 Å². The van der Waals surface area contributed by atoms with Crippen LogP contribution in [0.15, 0.2) is 11.6 Å². The Kier molecular flexibility index (Phi) is 5.71. The van der Waals surface area contributed by atoms with Crippen molar-refractivity contribution in [1.29, 1.82) is 0 Å². The monoisotopic (exact) mass is 220 g/mol. The molecular formula is C8H13ClN2O3. The third kappa shape index (κ3) is 5.42. The van der Waals surface area contributed by atoms with E-state index in [4.69, 9.17) is 16.7 Å². The lowest BCUT2D eigenvalue weighted by molar-refractivity contribution is -0.139. The second kappa shape index (κ2) is 6.26. The van der Waals surface area contributed by atoms with E-state index in [9.17, 15) is 9.59 Å². The van der Waals surface area contributed by atoms with Gasteiger partial charge in [-0.2, -0.15) is 0 Å². The maximum Gasteiger partial charge on any atom is 0.326 e. The summed E-state index contributed by atoms with van der Waals surface area (Å²) in [5, 5.41) is 13.5. The molecule has 0 saturated carbocycles. The van der Waals surface area contributed by atoms with Gasteiger partial charge in [-0.3, -0.25) is 0 Å². The van der Waals surface area contributed by atoms with Crippen LogP contribution in [-0.4, -0.2) is 29.7 Å². The standard InChI is InChI=1S/C8H13ClN2O3/c1-3-6(7(12)13)11-8(14)10-4-5(2)9/h6H,2-4H2,1H3,(H,12,13)(H2,10,11,14). The number of hydrogen-bond acceptors (Lipinski definition) is 2. The maximum atomic E-state index is 11.0. The lowest BCUT2D eigenvalue weighted by Gasteiger charge is -2.12. The van der Waals surface area contributed by atoms with E-state index in [0.29, 0.717) is 6.42 Å². The third-order valence-electron chi connectivity index (χ3n) is 1.45. The molecule has 0 aliphatic heterocycles. The molecule has 0 spiro atoms. The van der Waals surface area contributed by atoms with E-state index in [-0.39, 0.29) is 11.6 Å². The number of hydrogen-bond donors (Lipinski definition) is 3. The molecule has 0 bridgehead atoms. The zero-order valence-electron chi connectivity index (χ0n) is 7.84. The fraction of sp³-hybridized carbons (Fsp3) is 0.500. The van der Waals surface area contributed by atoms with Crippen molar-refractivity contribution < 1.29 is 14.7 Å². The first kappa shape index (κ1) is 12.8. The van der Waals surface area contributed by atoms with Crippen LogP contribution in [0.1, 0.15) is 13.3 Å². The molecule has 80 valence electrons. The number of urea groups is 1. The minimum absolute atomic E-state index is 0.115. The molecule has 3 N–H and O–H groups in total. The average Bonchev–Trinajstić information content (AvgIpc) is 2.10. The molecule has 2 amide bonds. The molecule has 14 heavy (non-hydrogen) atoms. The van der Waals surface area contributed by atoms with Gasteiger partial charge in [-0.05, 0) is 6.42 Å². The molecule has 5 nitrogen and oxygen atoms in total. The Balaban J connectivity index is 3.91. The zero-order chi connectivity index (χ0) is 11.1. The van der Waals surface area contributed by atoms with Gasteiger partial charge in [-0.25, -0.2) is 9.59 Å². The van der Waals surface area contributed by atoms with Gasteiger partial charge < -0.3 is 15.7 Å². The summed E-state index contributed by atoms with van der Waals surface area (Å²) in [4.78, 5) is 21.6. The Morgan fingerprint density at radius 1 is 1.57 bits per heavy atom. The highest BCUT2D eigenvalue weighted by molar-refractivity contribution is 6.29. The van der Waals surface area contributed by atoms with Crippen LogP contribution in [-0.2, 0) is 4.79 Å². The molecule has 0 heterocycles. The Hall–Kier alpha value is -1.23.